The third-order valence-corrected chi connectivity index (χ3v) is 9.31. The minimum absolute atomic E-state index is 0.411. The smallest absolute Gasteiger partial charge is 0.0973 e. The van der Waals surface area contributed by atoms with Gasteiger partial charge in [-0.1, -0.05) is 140 Å². The van der Waals surface area contributed by atoms with E-state index in [9.17, 15) is 0 Å². The first kappa shape index (κ1) is 25.6. The van der Waals surface area contributed by atoms with Crippen molar-refractivity contribution in [3.8, 4) is 33.6 Å². The standard InChI is InChI=1S/C43H28N2/c1-4-14-29(15-5-1)41-42(45-40-23-13-12-22-39(40)44-41)31-25-24-30-28-38-36(27-32(30)26-31)35-20-10-11-21-37(35)43(38,33-16-6-2-7-17-33)34-18-8-3-9-19-34/h1-28H. The first-order valence-corrected chi connectivity index (χ1v) is 15.4. The van der Waals surface area contributed by atoms with Gasteiger partial charge in [-0.05, 0) is 74.5 Å². The largest absolute Gasteiger partial charge is 0.244 e. The summed E-state index contributed by atoms with van der Waals surface area (Å²) >= 11 is 0. The van der Waals surface area contributed by atoms with Crippen molar-refractivity contribution in [3.63, 3.8) is 0 Å². The van der Waals surface area contributed by atoms with Gasteiger partial charge in [0.05, 0.1) is 27.8 Å². The molecule has 0 N–H and O–H groups in total. The van der Waals surface area contributed by atoms with Crippen molar-refractivity contribution in [1.29, 1.82) is 0 Å². The lowest BCUT2D eigenvalue weighted by Gasteiger charge is -2.34. The van der Waals surface area contributed by atoms with Crippen LogP contribution in [0.25, 0.3) is 55.4 Å². The lowest BCUT2D eigenvalue weighted by Crippen LogP contribution is -2.28. The average Bonchev–Trinajstić information content (AvgIpc) is 3.41. The molecule has 0 radical (unpaired) electrons. The molecule has 0 fully saturated rings. The summed E-state index contributed by atoms with van der Waals surface area (Å²) in [5.41, 5.74) is 13.0. The molecule has 0 spiro atoms. The molecule has 8 aromatic rings. The fourth-order valence-corrected chi connectivity index (χ4v) is 7.33. The third-order valence-electron chi connectivity index (χ3n) is 9.31. The predicted octanol–water partition coefficient (Wildman–Crippen LogP) is 10.5. The number of rotatable bonds is 4. The van der Waals surface area contributed by atoms with Crippen LogP contribution in [0.2, 0.25) is 0 Å². The summed E-state index contributed by atoms with van der Waals surface area (Å²) in [6.45, 7) is 0. The summed E-state index contributed by atoms with van der Waals surface area (Å²) in [7, 11) is 0. The van der Waals surface area contributed by atoms with Gasteiger partial charge in [0.15, 0.2) is 0 Å². The summed E-state index contributed by atoms with van der Waals surface area (Å²) in [5.74, 6) is 0. The molecule has 210 valence electrons. The van der Waals surface area contributed by atoms with E-state index >= 15 is 0 Å². The van der Waals surface area contributed by atoms with Crippen LogP contribution in [0.5, 0.6) is 0 Å². The van der Waals surface area contributed by atoms with E-state index in [0.717, 1.165) is 33.5 Å². The number of benzene rings is 7. The molecule has 7 aromatic carbocycles. The number of nitrogens with zero attached hydrogens (tertiary/aromatic N) is 2. The molecule has 0 bridgehead atoms. The topological polar surface area (TPSA) is 25.8 Å². The number of aromatic nitrogens is 2. The highest BCUT2D eigenvalue weighted by atomic mass is 14.8. The Morgan fingerprint density at radius 3 is 1.58 bits per heavy atom. The Morgan fingerprint density at radius 2 is 0.911 bits per heavy atom. The van der Waals surface area contributed by atoms with Crippen LogP contribution in [0.15, 0.2) is 170 Å². The minimum Gasteiger partial charge on any atom is -0.244 e. The van der Waals surface area contributed by atoms with Crippen LogP contribution in [-0.4, -0.2) is 9.97 Å². The maximum Gasteiger partial charge on any atom is 0.0973 e. The summed E-state index contributed by atoms with van der Waals surface area (Å²) in [6.07, 6.45) is 0. The highest BCUT2D eigenvalue weighted by Crippen LogP contribution is 2.56. The maximum absolute atomic E-state index is 5.18. The zero-order valence-corrected chi connectivity index (χ0v) is 24.6. The van der Waals surface area contributed by atoms with Gasteiger partial charge in [-0.25, -0.2) is 9.97 Å². The molecule has 2 nitrogen and oxygen atoms in total. The fraction of sp³-hybridized carbons (Fsp3) is 0.0233. The Hall–Kier alpha value is -5.86. The van der Waals surface area contributed by atoms with Crippen LogP contribution < -0.4 is 0 Å². The van der Waals surface area contributed by atoms with Crippen molar-refractivity contribution in [3.05, 3.63) is 192 Å². The second-order valence-electron chi connectivity index (χ2n) is 11.8. The molecular formula is C43H28N2. The normalized spacial score (nSPS) is 13.1. The first-order valence-electron chi connectivity index (χ1n) is 15.4. The van der Waals surface area contributed by atoms with E-state index in [0.29, 0.717) is 0 Å². The van der Waals surface area contributed by atoms with Gasteiger partial charge < -0.3 is 0 Å². The predicted molar refractivity (Wildman–Crippen MR) is 185 cm³/mol. The van der Waals surface area contributed by atoms with E-state index in [1.807, 2.05) is 30.3 Å². The summed E-state index contributed by atoms with van der Waals surface area (Å²) in [5, 5.41) is 2.39. The average molecular weight is 573 g/mol. The van der Waals surface area contributed by atoms with E-state index in [1.54, 1.807) is 0 Å². The molecule has 1 aliphatic carbocycles. The van der Waals surface area contributed by atoms with E-state index in [1.165, 1.54) is 44.2 Å². The van der Waals surface area contributed by atoms with Crippen LogP contribution in [0.1, 0.15) is 22.3 Å². The molecule has 45 heavy (non-hydrogen) atoms. The molecule has 1 aliphatic rings. The number of hydrogen-bond acceptors (Lipinski definition) is 2. The highest BCUT2D eigenvalue weighted by molar-refractivity contribution is 5.98. The van der Waals surface area contributed by atoms with Gasteiger partial charge in [0.1, 0.15) is 0 Å². The molecule has 0 atom stereocenters. The van der Waals surface area contributed by atoms with Gasteiger partial charge in [0.25, 0.3) is 0 Å². The van der Waals surface area contributed by atoms with Crippen LogP contribution in [0, 0.1) is 0 Å². The van der Waals surface area contributed by atoms with E-state index in [4.69, 9.17) is 9.97 Å². The zero-order valence-electron chi connectivity index (χ0n) is 24.6. The Bertz CT molecular complexity index is 2320. The molecule has 0 saturated heterocycles. The van der Waals surface area contributed by atoms with Crippen LogP contribution in [0.3, 0.4) is 0 Å². The monoisotopic (exact) mass is 572 g/mol. The second kappa shape index (κ2) is 10.1. The Balaban J connectivity index is 1.31. The van der Waals surface area contributed by atoms with Crippen molar-refractivity contribution in [2.24, 2.45) is 0 Å². The van der Waals surface area contributed by atoms with Crippen LogP contribution in [0.4, 0.5) is 0 Å². The number of hydrogen-bond donors (Lipinski definition) is 0. The fourth-order valence-electron chi connectivity index (χ4n) is 7.33. The van der Waals surface area contributed by atoms with Crippen molar-refractivity contribution in [2.45, 2.75) is 5.41 Å². The van der Waals surface area contributed by atoms with E-state index in [2.05, 4.69) is 140 Å². The Labute approximate surface area is 262 Å². The van der Waals surface area contributed by atoms with Gasteiger partial charge in [-0.2, -0.15) is 0 Å². The molecule has 0 amide bonds. The van der Waals surface area contributed by atoms with Crippen molar-refractivity contribution < 1.29 is 0 Å². The van der Waals surface area contributed by atoms with Crippen molar-refractivity contribution >= 4 is 21.8 Å². The van der Waals surface area contributed by atoms with Crippen molar-refractivity contribution in [2.75, 3.05) is 0 Å². The van der Waals surface area contributed by atoms with Crippen molar-refractivity contribution in [1.82, 2.24) is 9.97 Å². The van der Waals surface area contributed by atoms with Crippen LogP contribution in [-0.2, 0) is 5.41 Å². The molecule has 9 rings (SSSR count). The summed E-state index contributed by atoms with van der Waals surface area (Å²) in [4.78, 5) is 10.3. The van der Waals surface area contributed by atoms with Gasteiger partial charge in [-0.3, -0.25) is 0 Å². The Morgan fingerprint density at radius 1 is 0.356 bits per heavy atom. The SMILES string of the molecule is c1ccc(-c2nc3ccccc3nc2-c2ccc3cc4c(cc3c2)-c2ccccc2C4(c2ccccc2)c2ccccc2)cc1. The van der Waals surface area contributed by atoms with Crippen LogP contribution >= 0.6 is 0 Å². The Kier molecular flexibility index (Phi) is 5.76. The minimum atomic E-state index is -0.411. The molecular weight excluding hydrogens is 544 g/mol. The van der Waals surface area contributed by atoms with Gasteiger partial charge in [-0.15, -0.1) is 0 Å². The second-order valence-corrected chi connectivity index (χ2v) is 11.8. The molecule has 1 aromatic heterocycles. The summed E-state index contributed by atoms with van der Waals surface area (Å²) < 4.78 is 0. The number of fused-ring (bicyclic) bond motifs is 5. The maximum atomic E-state index is 5.18. The molecule has 0 saturated carbocycles. The van der Waals surface area contributed by atoms with E-state index in [-0.39, 0.29) is 0 Å². The van der Waals surface area contributed by atoms with Gasteiger partial charge in [0, 0.05) is 11.1 Å². The lowest BCUT2D eigenvalue weighted by molar-refractivity contribution is 0.769. The lowest BCUT2D eigenvalue weighted by atomic mass is 9.67. The zero-order chi connectivity index (χ0) is 29.8. The molecule has 0 unspecified atom stereocenters. The molecule has 2 heteroatoms. The molecule has 0 aliphatic heterocycles. The quantitative estimate of drug-likeness (QED) is 0.210. The van der Waals surface area contributed by atoms with E-state index < -0.39 is 5.41 Å². The van der Waals surface area contributed by atoms with Gasteiger partial charge in [0.2, 0.25) is 0 Å². The summed E-state index contributed by atoms with van der Waals surface area (Å²) in [6, 6.07) is 60.9. The first-order chi connectivity index (χ1) is 22.3. The van der Waals surface area contributed by atoms with Gasteiger partial charge >= 0.3 is 0 Å². The highest BCUT2D eigenvalue weighted by Gasteiger charge is 2.46. The number of para-hydroxylation sites is 2. The molecule has 1 heterocycles. The third kappa shape index (κ3) is 3.89.